The van der Waals surface area contributed by atoms with Gasteiger partial charge < -0.3 is 15.6 Å². The van der Waals surface area contributed by atoms with Crippen LogP contribution >= 0.6 is 0 Å². The van der Waals surface area contributed by atoms with E-state index in [1.165, 1.54) is 12.8 Å². The van der Waals surface area contributed by atoms with Crippen molar-refractivity contribution in [2.45, 2.75) is 57.7 Å². The molecular formula is C17H28N2O2. The lowest BCUT2D eigenvalue weighted by Crippen LogP contribution is -2.40. The number of hydrogen-bond acceptors (Lipinski definition) is 4. The van der Waals surface area contributed by atoms with E-state index in [0.29, 0.717) is 17.8 Å². The lowest BCUT2D eigenvalue weighted by Gasteiger charge is -2.36. The summed E-state index contributed by atoms with van der Waals surface area (Å²) in [5, 5.41) is 9.92. The van der Waals surface area contributed by atoms with Crippen molar-refractivity contribution in [3.63, 3.8) is 0 Å². The highest BCUT2D eigenvalue weighted by atomic mass is 16.5. The van der Waals surface area contributed by atoms with Crippen LogP contribution in [-0.2, 0) is 6.54 Å². The zero-order chi connectivity index (χ0) is 15.2. The van der Waals surface area contributed by atoms with Gasteiger partial charge in [-0.1, -0.05) is 13.0 Å². The molecule has 1 aromatic rings. The van der Waals surface area contributed by atoms with Gasteiger partial charge in [-0.2, -0.15) is 0 Å². The minimum atomic E-state index is 0.220. The number of phenolic OH excluding ortho intramolecular Hbond substituents is 1. The maximum Gasteiger partial charge on any atom is 0.160 e. The largest absolute Gasteiger partial charge is 0.504 e. The van der Waals surface area contributed by atoms with Gasteiger partial charge in [-0.3, -0.25) is 4.90 Å². The van der Waals surface area contributed by atoms with Crippen molar-refractivity contribution >= 4 is 0 Å². The molecule has 2 rings (SSSR count). The number of ether oxygens (including phenoxy) is 1. The molecule has 0 unspecified atom stereocenters. The Morgan fingerprint density at radius 3 is 2.57 bits per heavy atom. The van der Waals surface area contributed by atoms with Gasteiger partial charge in [-0.15, -0.1) is 0 Å². The van der Waals surface area contributed by atoms with Gasteiger partial charge in [0.1, 0.15) is 0 Å². The highest BCUT2D eigenvalue weighted by Crippen LogP contribution is 2.28. The van der Waals surface area contributed by atoms with Crippen LogP contribution in [0.4, 0.5) is 0 Å². The van der Waals surface area contributed by atoms with Gasteiger partial charge >= 0.3 is 0 Å². The van der Waals surface area contributed by atoms with Gasteiger partial charge in [0.2, 0.25) is 0 Å². The third-order valence-electron chi connectivity index (χ3n) is 4.40. The molecule has 4 nitrogen and oxygen atoms in total. The molecule has 3 N–H and O–H groups in total. The Kier molecular flexibility index (Phi) is 5.88. The van der Waals surface area contributed by atoms with E-state index in [9.17, 15) is 5.11 Å². The van der Waals surface area contributed by atoms with E-state index >= 15 is 0 Å². The minimum Gasteiger partial charge on any atom is -0.504 e. The topological polar surface area (TPSA) is 58.7 Å². The normalized spacial score (nSPS) is 22.5. The number of rotatable bonds is 6. The second-order valence-corrected chi connectivity index (χ2v) is 6.05. The first-order valence-corrected chi connectivity index (χ1v) is 7.99. The molecule has 1 aliphatic carbocycles. The van der Waals surface area contributed by atoms with E-state index in [1.54, 1.807) is 7.11 Å². The summed E-state index contributed by atoms with van der Waals surface area (Å²) in [7, 11) is 1.57. The lowest BCUT2D eigenvalue weighted by molar-refractivity contribution is 0.142. The predicted octanol–water partition coefficient (Wildman–Crippen LogP) is 2.88. The maximum absolute atomic E-state index is 9.92. The number of aromatic hydroxyl groups is 1. The molecule has 0 radical (unpaired) electrons. The molecular weight excluding hydrogens is 264 g/mol. The van der Waals surface area contributed by atoms with Crippen LogP contribution in [0.2, 0.25) is 0 Å². The number of nitrogens with two attached hydrogens (primary N) is 1. The van der Waals surface area contributed by atoms with Crippen molar-refractivity contribution in [2.24, 2.45) is 5.73 Å². The Bertz CT molecular complexity index is 442. The quantitative estimate of drug-likeness (QED) is 0.846. The van der Waals surface area contributed by atoms with Crippen molar-refractivity contribution in [1.29, 1.82) is 0 Å². The maximum atomic E-state index is 9.92. The van der Waals surface area contributed by atoms with Crippen molar-refractivity contribution in [2.75, 3.05) is 13.7 Å². The molecule has 0 aromatic heterocycles. The summed E-state index contributed by atoms with van der Waals surface area (Å²) in [5.74, 6) is 0.751. The molecule has 21 heavy (non-hydrogen) atoms. The van der Waals surface area contributed by atoms with Gasteiger partial charge in [-0.05, 0) is 56.3 Å². The van der Waals surface area contributed by atoms with Crippen molar-refractivity contribution in [3.05, 3.63) is 23.8 Å². The summed E-state index contributed by atoms with van der Waals surface area (Å²) in [5.41, 5.74) is 7.15. The van der Waals surface area contributed by atoms with Crippen molar-refractivity contribution in [1.82, 2.24) is 4.90 Å². The molecule has 4 heteroatoms. The molecule has 0 aliphatic heterocycles. The molecule has 1 fully saturated rings. The monoisotopic (exact) mass is 292 g/mol. The first-order chi connectivity index (χ1) is 10.1. The van der Waals surface area contributed by atoms with E-state index in [2.05, 4.69) is 11.8 Å². The highest BCUT2D eigenvalue weighted by molar-refractivity contribution is 5.41. The Labute approximate surface area is 127 Å². The average Bonchev–Trinajstić information content (AvgIpc) is 2.48. The first-order valence-electron chi connectivity index (χ1n) is 7.99. The smallest absolute Gasteiger partial charge is 0.160 e. The second kappa shape index (κ2) is 7.66. The van der Waals surface area contributed by atoms with Crippen LogP contribution in [0.25, 0.3) is 0 Å². The summed E-state index contributed by atoms with van der Waals surface area (Å²) < 4.78 is 5.10. The second-order valence-electron chi connectivity index (χ2n) is 6.05. The summed E-state index contributed by atoms with van der Waals surface area (Å²) in [6, 6.07) is 6.70. The summed E-state index contributed by atoms with van der Waals surface area (Å²) in [6.07, 6.45) is 5.76. The molecule has 0 amide bonds. The Morgan fingerprint density at radius 1 is 1.29 bits per heavy atom. The highest BCUT2D eigenvalue weighted by Gasteiger charge is 2.24. The molecule has 118 valence electrons. The molecule has 0 saturated heterocycles. The van der Waals surface area contributed by atoms with Crippen LogP contribution in [-0.4, -0.2) is 35.7 Å². The Balaban J connectivity index is 2.03. The fourth-order valence-electron chi connectivity index (χ4n) is 3.21. The molecule has 0 bridgehead atoms. The van der Waals surface area contributed by atoms with Gasteiger partial charge in [0.15, 0.2) is 11.5 Å². The predicted molar refractivity (Wildman–Crippen MR) is 85.6 cm³/mol. The van der Waals surface area contributed by atoms with E-state index in [-0.39, 0.29) is 5.75 Å². The number of phenols is 1. The van der Waals surface area contributed by atoms with Crippen molar-refractivity contribution < 1.29 is 9.84 Å². The SMILES string of the molecule is CCCN(Cc1ccc(OC)c(O)c1)C1CCC(N)CC1. The van der Waals surface area contributed by atoms with Crippen LogP contribution in [0.15, 0.2) is 18.2 Å². The standard InChI is InChI=1S/C17H28N2O2/c1-3-10-19(15-7-5-14(18)6-8-15)12-13-4-9-17(21-2)16(20)11-13/h4,9,11,14-15,20H,3,5-8,10,12,18H2,1-2H3. The van der Waals surface area contributed by atoms with Gasteiger partial charge in [0.25, 0.3) is 0 Å². The van der Waals surface area contributed by atoms with E-state index < -0.39 is 0 Å². The van der Waals surface area contributed by atoms with E-state index in [1.807, 2.05) is 18.2 Å². The van der Waals surface area contributed by atoms with E-state index in [0.717, 1.165) is 37.9 Å². The number of nitrogens with zero attached hydrogens (tertiary/aromatic N) is 1. The van der Waals surface area contributed by atoms with E-state index in [4.69, 9.17) is 10.5 Å². The zero-order valence-electron chi connectivity index (χ0n) is 13.2. The van der Waals surface area contributed by atoms with Crippen LogP contribution in [0, 0.1) is 0 Å². The van der Waals surface area contributed by atoms with Crippen LogP contribution in [0.3, 0.4) is 0 Å². The van der Waals surface area contributed by atoms with Gasteiger partial charge in [0.05, 0.1) is 7.11 Å². The van der Waals surface area contributed by atoms with Crippen LogP contribution < -0.4 is 10.5 Å². The third-order valence-corrected chi connectivity index (χ3v) is 4.40. The molecule has 0 heterocycles. The zero-order valence-corrected chi connectivity index (χ0v) is 13.2. The van der Waals surface area contributed by atoms with Crippen molar-refractivity contribution in [3.8, 4) is 11.5 Å². The Morgan fingerprint density at radius 2 is 2.00 bits per heavy atom. The molecule has 1 saturated carbocycles. The number of benzene rings is 1. The lowest BCUT2D eigenvalue weighted by atomic mass is 9.90. The molecule has 0 atom stereocenters. The summed E-state index contributed by atoms with van der Waals surface area (Å²) in [4.78, 5) is 2.53. The fraction of sp³-hybridized carbons (Fsp3) is 0.647. The fourth-order valence-corrected chi connectivity index (χ4v) is 3.21. The van der Waals surface area contributed by atoms with Gasteiger partial charge in [0, 0.05) is 18.6 Å². The molecule has 1 aromatic carbocycles. The Hall–Kier alpha value is -1.26. The average molecular weight is 292 g/mol. The number of methoxy groups -OCH3 is 1. The summed E-state index contributed by atoms with van der Waals surface area (Å²) in [6.45, 7) is 4.19. The van der Waals surface area contributed by atoms with Crippen LogP contribution in [0.5, 0.6) is 11.5 Å². The molecule has 1 aliphatic rings. The third kappa shape index (κ3) is 4.35. The van der Waals surface area contributed by atoms with Crippen LogP contribution in [0.1, 0.15) is 44.6 Å². The number of hydrogen-bond donors (Lipinski definition) is 2. The first kappa shape index (κ1) is 16.1. The summed E-state index contributed by atoms with van der Waals surface area (Å²) >= 11 is 0. The van der Waals surface area contributed by atoms with Gasteiger partial charge in [-0.25, -0.2) is 0 Å². The molecule has 0 spiro atoms. The minimum absolute atomic E-state index is 0.220.